The molecule has 1 atom stereocenters. The highest BCUT2D eigenvalue weighted by Gasteiger charge is 2.29. The Morgan fingerprint density at radius 3 is 2.62 bits per heavy atom. The standard InChI is InChI=1S/C13H23NO2/c1-13(16)7-2-9-14(10-8-13)11-3-5-12(15)6-4-11/h11,16H,2-10H2,1H3. The van der Waals surface area contributed by atoms with Crippen LogP contribution in [-0.4, -0.2) is 40.5 Å². The zero-order chi connectivity index (χ0) is 11.6. The van der Waals surface area contributed by atoms with E-state index in [-0.39, 0.29) is 0 Å². The predicted molar refractivity (Wildman–Crippen MR) is 63.3 cm³/mol. The first-order valence-corrected chi connectivity index (χ1v) is 6.55. The van der Waals surface area contributed by atoms with Gasteiger partial charge < -0.3 is 10.0 Å². The maximum Gasteiger partial charge on any atom is 0.133 e. The number of rotatable bonds is 1. The van der Waals surface area contributed by atoms with Gasteiger partial charge in [-0.05, 0) is 45.6 Å². The predicted octanol–water partition coefficient (Wildman–Crippen LogP) is 1.74. The van der Waals surface area contributed by atoms with E-state index in [1.807, 2.05) is 6.92 Å². The summed E-state index contributed by atoms with van der Waals surface area (Å²) in [4.78, 5) is 13.7. The Balaban J connectivity index is 1.88. The Bertz CT molecular complexity index is 253. The van der Waals surface area contributed by atoms with Gasteiger partial charge >= 0.3 is 0 Å². The quantitative estimate of drug-likeness (QED) is 0.739. The highest BCUT2D eigenvalue weighted by molar-refractivity contribution is 5.79. The zero-order valence-corrected chi connectivity index (χ0v) is 10.2. The minimum atomic E-state index is -0.473. The summed E-state index contributed by atoms with van der Waals surface area (Å²) in [5.74, 6) is 0.429. The van der Waals surface area contributed by atoms with Crippen LogP contribution in [0.1, 0.15) is 51.9 Å². The van der Waals surface area contributed by atoms with E-state index in [9.17, 15) is 9.90 Å². The van der Waals surface area contributed by atoms with E-state index in [2.05, 4.69) is 4.90 Å². The third kappa shape index (κ3) is 3.05. The number of hydrogen-bond donors (Lipinski definition) is 1. The van der Waals surface area contributed by atoms with E-state index in [1.165, 1.54) is 0 Å². The third-order valence-electron chi connectivity index (χ3n) is 4.13. The van der Waals surface area contributed by atoms with Crippen molar-refractivity contribution in [2.45, 2.75) is 63.5 Å². The topological polar surface area (TPSA) is 40.5 Å². The van der Waals surface area contributed by atoms with Gasteiger partial charge in [0, 0.05) is 25.4 Å². The van der Waals surface area contributed by atoms with Crippen molar-refractivity contribution >= 4 is 5.78 Å². The number of aliphatic hydroxyl groups is 1. The van der Waals surface area contributed by atoms with Crippen molar-refractivity contribution in [2.75, 3.05) is 13.1 Å². The van der Waals surface area contributed by atoms with Crippen molar-refractivity contribution in [1.29, 1.82) is 0 Å². The molecule has 1 saturated carbocycles. The lowest BCUT2D eigenvalue weighted by Gasteiger charge is -2.33. The van der Waals surface area contributed by atoms with Gasteiger partial charge in [0.05, 0.1) is 5.60 Å². The van der Waals surface area contributed by atoms with Crippen LogP contribution in [-0.2, 0) is 4.79 Å². The van der Waals surface area contributed by atoms with Crippen molar-refractivity contribution in [3.05, 3.63) is 0 Å². The molecule has 0 amide bonds. The summed E-state index contributed by atoms with van der Waals surface area (Å²) >= 11 is 0. The van der Waals surface area contributed by atoms with Gasteiger partial charge in [-0.2, -0.15) is 0 Å². The SMILES string of the molecule is CC1(O)CCCN(C2CCC(=O)CC2)CC1. The first-order chi connectivity index (χ1) is 7.57. The van der Waals surface area contributed by atoms with E-state index in [0.29, 0.717) is 11.8 Å². The van der Waals surface area contributed by atoms with Crippen LogP contribution in [0.3, 0.4) is 0 Å². The fourth-order valence-electron chi connectivity index (χ4n) is 2.94. The van der Waals surface area contributed by atoms with Crippen LogP contribution in [0.5, 0.6) is 0 Å². The molecule has 0 spiro atoms. The fraction of sp³-hybridized carbons (Fsp3) is 0.923. The molecule has 0 bridgehead atoms. The second kappa shape index (κ2) is 4.84. The number of hydrogen-bond acceptors (Lipinski definition) is 3. The van der Waals surface area contributed by atoms with E-state index >= 15 is 0 Å². The van der Waals surface area contributed by atoms with Gasteiger partial charge in [0.25, 0.3) is 0 Å². The second-order valence-corrected chi connectivity index (χ2v) is 5.66. The molecular weight excluding hydrogens is 202 g/mol. The van der Waals surface area contributed by atoms with Crippen molar-refractivity contribution < 1.29 is 9.90 Å². The molecule has 16 heavy (non-hydrogen) atoms. The number of carbonyl (C=O) groups excluding carboxylic acids is 1. The second-order valence-electron chi connectivity index (χ2n) is 5.66. The van der Waals surface area contributed by atoms with Crippen LogP contribution in [0.4, 0.5) is 0 Å². The number of carbonyl (C=O) groups is 1. The largest absolute Gasteiger partial charge is 0.390 e. The maximum atomic E-state index is 11.2. The molecule has 1 heterocycles. The summed E-state index contributed by atoms with van der Waals surface area (Å²) in [6.45, 7) is 4.03. The number of ketones is 1. The molecule has 0 aromatic heterocycles. The summed E-state index contributed by atoms with van der Waals surface area (Å²) < 4.78 is 0. The van der Waals surface area contributed by atoms with Crippen LogP contribution < -0.4 is 0 Å². The maximum absolute atomic E-state index is 11.2. The molecule has 0 aromatic rings. The average molecular weight is 225 g/mol. The first-order valence-electron chi connectivity index (χ1n) is 6.55. The fourth-order valence-corrected chi connectivity index (χ4v) is 2.94. The summed E-state index contributed by atoms with van der Waals surface area (Å²) in [5, 5.41) is 10.0. The number of likely N-dealkylation sites (tertiary alicyclic amines) is 1. The molecule has 2 aliphatic rings. The van der Waals surface area contributed by atoms with Crippen LogP contribution in [0.15, 0.2) is 0 Å². The molecule has 2 fully saturated rings. The van der Waals surface area contributed by atoms with Crippen molar-refractivity contribution in [3.8, 4) is 0 Å². The van der Waals surface area contributed by atoms with Crippen molar-refractivity contribution in [1.82, 2.24) is 4.90 Å². The third-order valence-corrected chi connectivity index (χ3v) is 4.13. The molecule has 1 saturated heterocycles. The molecule has 1 unspecified atom stereocenters. The minimum absolute atomic E-state index is 0.429. The number of nitrogens with zero attached hydrogens (tertiary/aromatic N) is 1. The lowest BCUT2D eigenvalue weighted by molar-refractivity contribution is -0.121. The molecule has 1 N–H and O–H groups in total. The summed E-state index contributed by atoms with van der Waals surface area (Å²) in [6.07, 6.45) is 6.45. The first kappa shape index (κ1) is 12.1. The molecule has 92 valence electrons. The van der Waals surface area contributed by atoms with E-state index in [4.69, 9.17) is 0 Å². The van der Waals surface area contributed by atoms with E-state index in [0.717, 1.165) is 58.0 Å². The van der Waals surface area contributed by atoms with E-state index < -0.39 is 5.60 Å². The zero-order valence-electron chi connectivity index (χ0n) is 10.2. The summed E-state index contributed by atoms with van der Waals surface area (Å²) in [7, 11) is 0. The minimum Gasteiger partial charge on any atom is -0.390 e. The highest BCUT2D eigenvalue weighted by atomic mass is 16.3. The van der Waals surface area contributed by atoms with Crippen LogP contribution in [0.25, 0.3) is 0 Å². The Morgan fingerprint density at radius 1 is 1.25 bits per heavy atom. The van der Waals surface area contributed by atoms with Gasteiger partial charge in [0.2, 0.25) is 0 Å². The summed E-state index contributed by atoms with van der Waals surface area (Å²) in [5.41, 5.74) is -0.473. The Morgan fingerprint density at radius 2 is 1.94 bits per heavy atom. The molecule has 0 radical (unpaired) electrons. The lowest BCUT2D eigenvalue weighted by atomic mass is 9.93. The van der Waals surface area contributed by atoms with E-state index in [1.54, 1.807) is 0 Å². The smallest absolute Gasteiger partial charge is 0.133 e. The Labute approximate surface area is 97.8 Å². The van der Waals surface area contributed by atoms with Gasteiger partial charge in [-0.3, -0.25) is 4.79 Å². The average Bonchev–Trinajstić information content (AvgIpc) is 2.41. The van der Waals surface area contributed by atoms with Crippen LogP contribution in [0.2, 0.25) is 0 Å². The normalized spacial score (nSPS) is 35.0. The molecule has 1 aliphatic carbocycles. The lowest BCUT2D eigenvalue weighted by Crippen LogP contribution is -2.39. The van der Waals surface area contributed by atoms with Crippen molar-refractivity contribution in [2.24, 2.45) is 0 Å². The number of Topliss-reactive ketones (excluding diaryl/α,β-unsaturated/α-hetero) is 1. The molecular formula is C13H23NO2. The van der Waals surface area contributed by atoms with Gasteiger partial charge in [0.15, 0.2) is 0 Å². The van der Waals surface area contributed by atoms with Gasteiger partial charge in [0.1, 0.15) is 5.78 Å². The van der Waals surface area contributed by atoms with Gasteiger partial charge in [-0.15, -0.1) is 0 Å². The Kier molecular flexibility index (Phi) is 3.65. The van der Waals surface area contributed by atoms with Crippen LogP contribution in [0, 0.1) is 0 Å². The van der Waals surface area contributed by atoms with Crippen LogP contribution >= 0.6 is 0 Å². The molecule has 0 aromatic carbocycles. The molecule has 3 heteroatoms. The highest BCUT2D eigenvalue weighted by Crippen LogP contribution is 2.26. The van der Waals surface area contributed by atoms with Gasteiger partial charge in [-0.1, -0.05) is 0 Å². The molecule has 1 aliphatic heterocycles. The summed E-state index contributed by atoms with van der Waals surface area (Å²) in [6, 6.07) is 0.589. The Hall–Kier alpha value is -0.410. The molecule has 2 rings (SSSR count). The van der Waals surface area contributed by atoms with Gasteiger partial charge in [-0.25, -0.2) is 0 Å². The van der Waals surface area contributed by atoms with Crippen molar-refractivity contribution in [3.63, 3.8) is 0 Å². The monoisotopic (exact) mass is 225 g/mol. The molecule has 3 nitrogen and oxygen atoms in total.